The summed E-state index contributed by atoms with van der Waals surface area (Å²) in [6.45, 7) is 2.94. The van der Waals surface area contributed by atoms with Gasteiger partial charge in [-0.3, -0.25) is 0 Å². The van der Waals surface area contributed by atoms with Crippen LogP contribution in [0.2, 0.25) is 0 Å². The molecule has 0 bridgehead atoms. The lowest BCUT2D eigenvalue weighted by Gasteiger charge is -2.40. The van der Waals surface area contributed by atoms with Crippen LogP contribution >= 0.6 is 0 Å². The molecule has 2 atom stereocenters. The highest BCUT2D eigenvalue weighted by atomic mass is 16.6. The molecule has 1 aliphatic heterocycles. The van der Waals surface area contributed by atoms with Crippen molar-refractivity contribution in [3.8, 4) is 5.75 Å². The van der Waals surface area contributed by atoms with Crippen LogP contribution in [-0.4, -0.2) is 49.4 Å². The SMILES string of the molecule is CCOC(=O)COc1ccc(C2CCN(C(=O)[O-])CC2OCc2ccc3ccccc3c2)cc1. The highest BCUT2D eigenvalue weighted by Crippen LogP contribution is 2.32. The van der Waals surface area contributed by atoms with E-state index in [2.05, 4.69) is 24.3 Å². The average molecular weight is 463 g/mol. The van der Waals surface area contributed by atoms with Crippen LogP contribution in [0.25, 0.3) is 10.8 Å². The number of hydrogen-bond acceptors (Lipinski definition) is 6. The maximum atomic E-state index is 11.5. The van der Waals surface area contributed by atoms with Crippen molar-refractivity contribution in [1.29, 1.82) is 0 Å². The molecular weight excluding hydrogens is 434 g/mol. The first-order chi connectivity index (χ1) is 16.5. The molecule has 178 valence electrons. The van der Waals surface area contributed by atoms with Crippen molar-refractivity contribution in [2.45, 2.75) is 32.0 Å². The Morgan fingerprint density at radius 1 is 1.03 bits per heavy atom. The van der Waals surface area contributed by atoms with Crippen LogP contribution in [0.15, 0.2) is 66.7 Å². The number of amides is 1. The number of esters is 1. The number of carboxylic acid groups (broad SMARTS) is 1. The van der Waals surface area contributed by atoms with E-state index in [0.29, 0.717) is 31.9 Å². The summed E-state index contributed by atoms with van der Waals surface area (Å²) in [6, 6.07) is 21.8. The van der Waals surface area contributed by atoms with Crippen molar-refractivity contribution in [3.63, 3.8) is 0 Å². The van der Waals surface area contributed by atoms with Crippen LogP contribution in [0.5, 0.6) is 5.75 Å². The number of fused-ring (bicyclic) bond motifs is 1. The van der Waals surface area contributed by atoms with Crippen LogP contribution in [0.4, 0.5) is 4.79 Å². The largest absolute Gasteiger partial charge is 0.530 e. The van der Waals surface area contributed by atoms with Gasteiger partial charge in [-0.15, -0.1) is 0 Å². The Labute approximate surface area is 198 Å². The zero-order valence-electron chi connectivity index (χ0n) is 19.1. The summed E-state index contributed by atoms with van der Waals surface area (Å²) in [5, 5.41) is 13.8. The van der Waals surface area contributed by atoms with E-state index in [1.54, 1.807) is 19.1 Å². The van der Waals surface area contributed by atoms with Gasteiger partial charge in [0.2, 0.25) is 0 Å². The van der Waals surface area contributed by atoms with Gasteiger partial charge in [-0.25, -0.2) is 4.79 Å². The maximum Gasteiger partial charge on any atom is 0.344 e. The molecule has 1 fully saturated rings. The first-order valence-corrected chi connectivity index (χ1v) is 11.5. The van der Waals surface area contributed by atoms with E-state index in [1.165, 1.54) is 4.90 Å². The Kier molecular flexibility index (Phi) is 7.65. The van der Waals surface area contributed by atoms with Crippen molar-refractivity contribution in [1.82, 2.24) is 4.90 Å². The summed E-state index contributed by atoms with van der Waals surface area (Å²) in [6.07, 6.45) is -0.871. The molecule has 3 aromatic rings. The van der Waals surface area contributed by atoms with Crippen LogP contribution in [-0.2, 0) is 20.9 Å². The molecule has 1 heterocycles. The number of carbonyl (C=O) groups excluding carboxylic acids is 2. The fourth-order valence-electron chi connectivity index (χ4n) is 4.32. The van der Waals surface area contributed by atoms with Crippen molar-refractivity contribution in [3.05, 3.63) is 77.9 Å². The van der Waals surface area contributed by atoms with Crippen molar-refractivity contribution in [2.75, 3.05) is 26.3 Å². The highest BCUT2D eigenvalue weighted by Gasteiger charge is 2.31. The molecule has 2 unspecified atom stereocenters. The fourth-order valence-corrected chi connectivity index (χ4v) is 4.32. The second kappa shape index (κ2) is 11.0. The molecule has 1 saturated heterocycles. The zero-order chi connectivity index (χ0) is 23.9. The normalized spacial score (nSPS) is 18.0. The second-order valence-electron chi connectivity index (χ2n) is 8.30. The summed E-state index contributed by atoms with van der Waals surface area (Å²) < 4.78 is 16.6. The zero-order valence-corrected chi connectivity index (χ0v) is 19.1. The first-order valence-electron chi connectivity index (χ1n) is 11.5. The van der Waals surface area contributed by atoms with Crippen molar-refractivity contribution < 1.29 is 28.9 Å². The minimum atomic E-state index is -1.18. The predicted molar refractivity (Wildman–Crippen MR) is 125 cm³/mol. The van der Waals surface area contributed by atoms with Gasteiger partial charge in [-0.2, -0.15) is 0 Å². The van der Waals surface area contributed by atoms with Crippen molar-refractivity contribution in [2.24, 2.45) is 0 Å². The number of carbonyl (C=O) groups is 2. The molecule has 7 heteroatoms. The molecule has 0 saturated carbocycles. The van der Waals surface area contributed by atoms with E-state index in [-0.39, 0.29) is 25.2 Å². The number of hydrogen-bond donors (Lipinski definition) is 0. The number of nitrogens with zero attached hydrogens (tertiary/aromatic N) is 1. The predicted octanol–water partition coefficient (Wildman–Crippen LogP) is 3.50. The van der Waals surface area contributed by atoms with E-state index < -0.39 is 12.1 Å². The van der Waals surface area contributed by atoms with Gasteiger partial charge < -0.3 is 29.0 Å². The van der Waals surface area contributed by atoms with Gasteiger partial charge >= 0.3 is 5.97 Å². The average Bonchev–Trinajstić information content (AvgIpc) is 2.86. The monoisotopic (exact) mass is 462 g/mol. The number of ether oxygens (including phenoxy) is 3. The molecule has 0 aliphatic carbocycles. The summed E-state index contributed by atoms with van der Waals surface area (Å²) in [7, 11) is 0. The Balaban J connectivity index is 1.45. The Hall–Kier alpha value is -3.58. The number of likely N-dealkylation sites (tertiary alicyclic amines) is 1. The van der Waals surface area contributed by atoms with Gasteiger partial charge in [-0.1, -0.05) is 48.5 Å². The minimum absolute atomic E-state index is 0.0233. The van der Waals surface area contributed by atoms with Crippen LogP contribution < -0.4 is 9.84 Å². The molecule has 0 N–H and O–H groups in total. The van der Waals surface area contributed by atoms with E-state index in [4.69, 9.17) is 14.2 Å². The molecule has 0 spiro atoms. The quantitative estimate of drug-likeness (QED) is 0.476. The van der Waals surface area contributed by atoms with Gasteiger partial charge in [0.05, 0.1) is 19.3 Å². The van der Waals surface area contributed by atoms with Crippen molar-refractivity contribution >= 4 is 22.8 Å². The standard InChI is InChI=1S/C27H29NO6/c1-2-32-26(29)18-33-23-11-9-21(10-12-23)24-13-14-28(27(30)31)16-25(24)34-17-19-7-8-20-5-3-4-6-22(20)15-19/h3-12,15,24-25H,2,13-14,16-18H2,1H3,(H,30,31)/p-1. The molecule has 4 rings (SSSR count). The summed E-state index contributed by atoms with van der Waals surface area (Å²) >= 11 is 0. The highest BCUT2D eigenvalue weighted by molar-refractivity contribution is 5.82. The lowest BCUT2D eigenvalue weighted by atomic mass is 9.87. The van der Waals surface area contributed by atoms with Crippen LogP contribution in [0.3, 0.4) is 0 Å². The maximum absolute atomic E-state index is 11.5. The molecule has 34 heavy (non-hydrogen) atoms. The molecule has 1 amide bonds. The third kappa shape index (κ3) is 5.85. The number of rotatable bonds is 8. The van der Waals surface area contributed by atoms with E-state index in [9.17, 15) is 14.7 Å². The summed E-state index contributed by atoms with van der Waals surface area (Å²) in [4.78, 5) is 24.3. The molecule has 0 radical (unpaired) electrons. The Morgan fingerprint density at radius 3 is 2.53 bits per heavy atom. The first kappa shape index (κ1) is 23.6. The van der Waals surface area contributed by atoms with Gasteiger partial charge in [0.1, 0.15) is 11.8 Å². The molecule has 1 aliphatic rings. The van der Waals surface area contributed by atoms with Crippen LogP contribution in [0.1, 0.15) is 30.4 Å². The number of piperidine rings is 1. The number of benzene rings is 3. The van der Waals surface area contributed by atoms with E-state index >= 15 is 0 Å². The Morgan fingerprint density at radius 2 is 1.79 bits per heavy atom. The second-order valence-corrected chi connectivity index (χ2v) is 8.30. The van der Waals surface area contributed by atoms with E-state index in [1.807, 2.05) is 30.3 Å². The summed E-state index contributed by atoms with van der Waals surface area (Å²) in [5.41, 5.74) is 2.07. The lowest BCUT2D eigenvalue weighted by molar-refractivity contribution is -0.268. The van der Waals surface area contributed by atoms with Gasteiger partial charge in [-0.05, 0) is 53.4 Å². The molecule has 0 aromatic heterocycles. The minimum Gasteiger partial charge on any atom is -0.530 e. The smallest absolute Gasteiger partial charge is 0.344 e. The van der Waals surface area contributed by atoms with Gasteiger partial charge in [0, 0.05) is 19.0 Å². The lowest BCUT2D eigenvalue weighted by Crippen LogP contribution is -2.51. The third-order valence-corrected chi connectivity index (χ3v) is 6.07. The van der Waals surface area contributed by atoms with Gasteiger partial charge in [0.25, 0.3) is 0 Å². The van der Waals surface area contributed by atoms with Crippen LogP contribution in [0, 0.1) is 0 Å². The van der Waals surface area contributed by atoms with E-state index in [0.717, 1.165) is 21.9 Å². The fraction of sp³-hybridized carbons (Fsp3) is 0.333. The Bertz CT molecular complexity index is 1130. The molecule has 3 aromatic carbocycles. The molecular formula is C27H28NO6-. The topological polar surface area (TPSA) is 88.1 Å². The van der Waals surface area contributed by atoms with Gasteiger partial charge in [0.15, 0.2) is 6.61 Å². The molecule has 7 nitrogen and oxygen atoms in total. The third-order valence-electron chi connectivity index (χ3n) is 6.07. The summed E-state index contributed by atoms with van der Waals surface area (Å²) in [5.74, 6) is 0.177.